The quantitative estimate of drug-likeness (QED) is 0.680. The molecule has 0 unspecified atom stereocenters. The van der Waals surface area contributed by atoms with Crippen LogP contribution in [-0.2, 0) is 4.74 Å². The maximum absolute atomic E-state index is 12.1. The molecule has 0 atom stereocenters. The molecule has 2 rings (SSSR count). The van der Waals surface area contributed by atoms with Crippen LogP contribution in [0.15, 0.2) is 12.3 Å². The van der Waals surface area contributed by atoms with Gasteiger partial charge in [-0.05, 0) is 20.8 Å². The minimum absolute atomic E-state index is 0.313. The molecule has 0 saturated heterocycles. The van der Waals surface area contributed by atoms with Gasteiger partial charge in [-0.15, -0.1) is 0 Å². The predicted molar refractivity (Wildman–Crippen MR) is 68.3 cm³/mol. The van der Waals surface area contributed by atoms with Crippen molar-refractivity contribution in [1.82, 2.24) is 4.98 Å². The highest BCUT2D eigenvalue weighted by molar-refractivity contribution is 6.29. The number of fused-ring (bicyclic) bond motifs is 1. The highest BCUT2D eigenvalue weighted by Gasteiger charge is 2.28. The van der Waals surface area contributed by atoms with Crippen molar-refractivity contribution in [3.63, 3.8) is 0 Å². The molecular weight excluding hydrogens is 256 g/mol. The maximum Gasteiger partial charge on any atom is 0.415 e. The summed E-state index contributed by atoms with van der Waals surface area (Å²) >= 11 is 5.83. The number of halogens is 1. The minimum atomic E-state index is -0.535. The van der Waals surface area contributed by atoms with Crippen LogP contribution in [0.1, 0.15) is 20.8 Å². The number of aromatic nitrogens is 1. The van der Waals surface area contributed by atoms with Crippen LogP contribution in [0.5, 0.6) is 5.75 Å². The summed E-state index contributed by atoms with van der Waals surface area (Å²) in [6.45, 7) is 6.32. The molecule has 1 amide bonds. The first-order valence-corrected chi connectivity index (χ1v) is 6.03. The first-order chi connectivity index (χ1) is 8.37. The lowest BCUT2D eigenvalue weighted by Crippen LogP contribution is -2.41. The highest BCUT2D eigenvalue weighted by Crippen LogP contribution is 2.33. The number of carbonyl (C=O) groups is 1. The van der Waals surface area contributed by atoms with Crippen LogP contribution in [0.4, 0.5) is 10.5 Å². The van der Waals surface area contributed by atoms with Gasteiger partial charge in [0.15, 0.2) is 5.75 Å². The van der Waals surface area contributed by atoms with E-state index in [9.17, 15) is 4.79 Å². The van der Waals surface area contributed by atoms with E-state index in [1.165, 1.54) is 11.1 Å². The van der Waals surface area contributed by atoms with E-state index in [1.807, 2.05) is 20.8 Å². The molecule has 2 heterocycles. The summed E-state index contributed by atoms with van der Waals surface area (Å²) in [5.74, 6) is 0.538. The average Bonchev–Trinajstić information content (AvgIpc) is 2.25. The largest absolute Gasteiger partial charge is 0.488 e. The van der Waals surface area contributed by atoms with Crippen molar-refractivity contribution in [2.75, 3.05) is 18.1 Å². The average molecular weight is 271 g/mol. The number of hydrogen-bond acceptors (Lipinski definition) is 4. The molecule has 0 fully saturated rings. The Morgan fingerprint density at radius 3 is 2.94 bits per heavy atom. The summed E-state index contributed by atoms with van der Waals surface area (Å²) in [5.41, 5.74) is 0.0577. The third kappa shape index (κ3) is 2.85. The van der Waals surface area contributed by atoms with Crippen LogP contribution in [-0.4, -0.2) is 29.8 Å². The number of hydrogen-bond donors (Lipinski definition) is 0. The Kier molecular flexibility index (Phi) is 3.34. The normalized spacial score (nSPS) is 14.8. The second kappa shape index (κ2) is 4.65. The van der Waals surface area contributed by atoms with Gasteiger partial charge in [0, 0.05) is 6.07 Å². The summed E-state index contributed by atoms with van der Waals surface area (Å²) in [7, 11) is 0. The molecule has 1 aliphatic rings. The van der Waals surface area contributed by atoms with Gasteiger partial charge in [-0.2, -0.15) is 0 Å². The van der Waals surface area contributed by atoms with E-state index in [4.69, 9.17) is 21.1 Å². The Morgan fingerprint density at radius 1 is 1.56 bits per heavy atom. The van der Waals surface area contributed by atoms with Crippen molar-refractivity contribution in [3.05, 3.63) is 17.4 Å². The van der Waals surface area contributed by atoms with Gasteiger partial charge < -0.3 is 9.47 Å². The molecule has 0 N–H and O–H groups in total. The molecule has 0 aliphatic carbocycles. The lowest BCUT2D eigenvalue weighted by atomic mass is 10.2. The number of amides is 1. The van der Waals surface area contributed by atoms with E-state index in [0.717, 1.165) is 0 Å². The molecule has 0 aromatic carbocycles. The van der Waals surface area contributed by atoms with Crippen molar-refractivity contribution in [2.24, 2.45) is 0 Å². The Hall–Kier alpha value is -1.49. The number of pyridine rings is 1. The standard InChI is InChI=1S/C12H15ClN2O3/c1-12(2,3)18-11(16)15-4-5-17-9-7-14-10(13)6-8(9)15/h6-7H,4-5H2,1-3H3. The minimum Gasteiger partial charge on any atom is -0.488 e. The molecule has 1 aromatic rings. The van der Waals surface area contributed by atoms with Crippen molar-refractivity contribution in [1.29, 1.82) is 0 Å². The van der Waals surface area contributed by atoms with Crippen LogP contribution in [0.3, 0.4) is 0 Å². The van der Waals surface area contributed by atoms with Crippen LogP contribution >= 0.6 is 11.6 Å². The number of carbonyl (C=O) groups excluding carboxylic acids is 1. The van der Waals surface area contributed by atoms with Gasteiger partial charge in [-0.3, -0.25) is 4.90 Å². The molecule has 0 radical (unpaired) electrons. The lowest BCUT2D eigenvalue weighted by Gasteiger charge is -2.31. The molecule has 98 valence electrons. The van der Waals surface area contributed by atoms with Crippen LogP contribution in [0, 0.1) is 0 Å². The maximum atomic E-state index is 12.1. The zero-order chi connectivity index (χ0) is 13.3. The lowest BCUT2D eigenvalue weighted by molar-refractivity contribution is 0.0567. The zero-order valence-electron chi connectivity index (χ0n) is 10.6. The van der Waals surface area contributed by atoms with Gasteiger partial charge in [0.1, 0.15) is 17.4 Å². The van der Waals surface area contributed by atoms with Gasteiger partial charge >= 0.3 is 6.09 Å². The number of ether oxygens (including phenoxy) is 2. The van der Waals surface area contributed by atoms with Crippen LogP contribution in [0.2, 0.25) is 5.15 Å². The second-order valence-corrected chi connectivity index (χ2v) is 5.34. The predicted octanol–water partition coefficient (Wildman–Crippen LogP) is 2.87. The van der Waals surface area contributed by atoms with Crippen LogP contribution in [0.25, 0.3) is 0 Å². The number of nitrogens with zero attached hydrogens (tertiary/aromatic N) is 2. The molecule has 5 nitrogen and oxygen atoms in total. The number of rotatable bonds is 0. The van der Waals surface area contributed by atoms with E-state index in [-0.39, 0.29) is 0 Å². The molecule has 0 spiro atoms. The molecular formula is C12H15ClN2O3. The van der Waals surface area contributed by atoms with Crippen molar-refractivity contribution in [3.8, 4) is 5.75 Å². The van der Waals surface area contributed by atoms with Gasteiger partial charge in [0.25, 0.3) is 0 Å². The van der Waals surface area contributed by atoms with Gasteiger partial charge in [0.2, 0.25) is 0 Å². The van der Waals surface area contributed by atoms with E-state index in [1.54, 1.807) is 6.07 Å². The molecule has 1 aromatic heterocycles. The van der Waals surface area contributed by atoms with E-state index in [0.29, 0.717) is 29.7 Å². The van der Waals surface area contributed by atoms with Gasteiger partial charge in [-0.25, -0.2) is 9.78 Å². The van der Waals surface area contributed by atoms with Crippen molar-refractivity contribution in [2.45, 2.75) is 26.4 Å². The summed E-state index contributed by atoms with van der Waals surface area (Å²) in [6, 6.07) is 1.60. The SMILES string of the molecule is CC(C)(C)OC(=O)N1CCOc2cnc(Cl)cc21. The summed E-state index contributed by atoms with van der Waals surface area (Å²) in [4.78, 5) is 17.5. The number of anilines is 1. The first kappa shape index (κ1) is 13.0. The first-order valence-electron chi connectivity index (χ1n) is 5.66. The third-order valence-electron chi connectivity index (χ3n) is 2.29. The Balaban J connectivity index is 2.27. The third-order valence-corrected chi connectivity index (χ3v) is 2.50. The fourth-order valence-electron chi connectivity index (χ4n) is 1.60. The molecule has 0 bridgehead atoms. The fraction of sp³-hybridized carbons (Fsp3) is 0.500. The van der Waals surface area contributed by atoms with Crippen molar-refractivity contribution >= 4 is 23.4 Å². The van der Waals surface area contributed by atoms with Gasteiger partial charge in [0.05, 0.1) is 18.4 Å². The Morgan fingerprint density at radius 2 is 2.28 bits per heavy atom. The van der Waals surface area contributed by atoms with E-state index < -0.39 is 11.7 Å². The second-order valence-electron chi connectivity index (χ2n) is 4.96. The highest BCUT2D eigenvalue weighted by atomic mass is 35.5. The summed E-state index contributed by atoms with van der Waals surface area (Å²) in [6.07, 6.45) is 1.10. The Bertz CT molecular complexity index is 471. The van der Waals surface area contributed by atoms with E-state index in [2.05, 4.69) is 4.98 Å². The molecule has 18 heavy (non-hydrogen) atoms. The van der Waals surface area contributed by atoms with Crippen molar-refractivity contribution < 1.29 is 14.3 Å². The fourth-order valence-corrected chi connectivity index (χ4v) is 1.76. The Labute approximate surface area is 111 Å². The smallest absolute Gasteiger partial charge is 0.415 e. The summed E-state index contributed by atoms with van der Waals surface area (Å²) < 4.78 is 10.8. The zero-order valence-corrected chi connectivity index (χ0v) is 11.3. The summed E-state index contributed by atoms with van der Waals surface area (Å²) in [5, 5.41) is 0.313. The topological polar surface area (TPSA) is 51.7 Å². The molecule has 0 saturated carbocycles. The monoisotopic (exact) mass is 270 g/mol. The molecule has 6 heteroatoms. The van der Waals surface area contributed by atoms with E-state index >= 15 is 0 Å². The van der Waals surface area contributed by atoms with Gasteiger partial charge in [-0.1, -0.05) is 11.6 Å². The molecule has 1 aliphatic heterocycles. The van der Waals surface area contributed by atoms with Crippen LogP contribution < -0.4 is 9.64 Å².